The molecule has 0 unspecified atom stereocenters. The van der Waals surface area contributed by atoms with Gasteiger partial charge < -0.3 is 10.5 Å². The topological polar surface area (TPSA) is 35.2 Å². The number of hydrogen-bond acceptors (Lipinski definition) is 3. The van der Waals surface area contributed by atoms with Gasteiger partial charge in [-0.15, -0.1) is 11.3 Å². The van der Waals surface area contributed by atoms with E-state index in [1.54, 1.807) is 11.3 Å². The maximum absolute atomic E-state index is 5.91. The highest BCUT2D eigenvalue weighted by molar-refractivity contribution is 7.10. The van der Waals surface area contributed by atoms with Crippen molar-refractivity contribution in [2.45, 2.75) is 32.3 Å². The molecule has 108 valence electrons. The Hall–Kier alpha value is -1.76. The SMILES string of the molecule is NCC#Cc1csc(COc2ccc3c(c2)CCCC3)c1. The quantitative estimate of drug-likeness (QED) is 0.880. The third-order valence-electron chi connectivity index (χ3n) is 3.69. The van der Waals surface area contributed by atoms with E-state index in [-0.39, 0.29) is 0 Å². The zero-order chi connectivity index (χ0) is 14.5. The molecule has 1 aromatic heterocycles. The molecule has 0 bridgehead atoms. The van der Waals surface area contributed by atoms with Crippen LogP contribution in [0.25, 0.3) is 0 Å². The highest BCUT2D eigenvalue weighted by atomic mass is 32.1. The second-order valence-electron chi connectivity index (χ2n) is 5.23. The van der Waals surface area contributed by atoms with Crippen LogP contribution in [0.15, 0.2) is 29.6 Å². The van der Waals surface area contributed by atoms with Crippen LogP contribution in [0, 0.1) is 11.8 Å². The number of thiophene rings is 1. The van der Waals surface area contributed by atoms with Gasteiger partial charge in [0.25, 0.3) is 0 Å². The highest BCUT2D eigenvalue weighted by Gasteiger charge is 2.10. The summed E-state index contributed by atoms with van der Waals surface area (Å²) in [5.74, 6) is 6.88. The first kappa shape index (κ1) is 14.2. The third-order valence-corrected chi connectivity index (χ3v) is 4.60. The Kier molecular flexibility index (Phi) is 4.59. The van der Waals surface area contributed by atoms with E-state index in [1.165, 1.54) is 41.7 Å². The van der Waals surface area contributed by atoms with Gasteiger partial charge in [0.15, 0.2) is 0 Å². The van der Waals surface area contributed by atoms with Gasteiger partial charge in [-0.3, -0.25) is 0 Å². The molecule has 0 spiro atoms. The molecule has 0 atom stereocenters. The van der Waals surface area contributed by atoms with Gasteiger partial charge in [0.05, 0.1) is 6.54 Å². The van der Waals surface area contributed by atoms with Crippen LogP contribution in [0.2, 0.25) is 0 Å². The molecule has 3 rings (SSSR count). The van der Waals surface area contributed by atoms with Gasteiger partial charge in [-0.1, -0.05) is 17.9 Å². The summed E-state index contributed by atoms with van der Waals surface area (Å²) in [7, 11) is 0. The molecular formula is C18H19NOS. The smallest absolute Gasteiger partial charge is 0.122 e. The molecule has 21 heavy (non-hydrogen) atoms. The lowest BCUT2D eigenvalue weighted by Gasteiger charge is -2.16. The predicted molar refractivity (Wildman–Crippen MR) is 87.7 cm³/mol. The molecule has 0 saturated heterocycles. The minimum atomic E-state index is 0.400. The third kappa shape index (κ3) is 3.66. The van der Waals surface area contributed by atoms with Crippen LogP contribution in [-0.4, -0.2) is 6.54 Å². The van der Waals surface area contributed by atoms with Gasteiger partial charge in [0, 0.05) is 15.8 Å². The lowest BCUT2D eigenvalue weighted by Crippen LogP contribution is -2.03. The van der Waals surface area contributed by atoms with Gasteiger partial charge in [0.2, 0.25) is 0 Å². The van der Waals surface area contributed by atoms with E-state index in [4.69, 9.17) is 10.5 Å². The van der Waals surface area contributed by atoms with Crippen molar-refractivity contribution in [3.8, 4) is 17.6 Å². The Morgan fingerprint density at radius 1 is 1.14 bits per heavy atom. The molecule has 0 aliphatic heterocycles. The highest BCUT2D eigenvalue weighted by Crippen LogP contribution is 2.26. The maximum Gasteiger partial charge on any atom is 0.122 e. The first-order chi connectivity index (χ1) is 10.3. The van der Waals surface area contributed by atoms with Crippen LogP contribution >= 0.6 is 11.3 Å². The molecule has 1 aliphatic carbocycles. The van der Waals surface area contributed by atoms with Gasteiger partial charge >= 0.3 is 0 Å². The molecule has 1 aromatic carbocycles. The summed E-state index contributed by atoms with van der Waals surface area (Å²) in [6, 6.07) is 8.59. The van der Waals surface area contributed by atoms with E-state index in [0.29, 0.717) is 13.2 Å². The van der Waals surface area contributed by atoms with Crippen molar-refractivity contribution in [3.63, 3.8) is 0 Å². The van der Waals surface area contributed by atoms with Crippen molar-refractivity contribution in [1.29, 1.82) is 0 Å². The average molecular weight is 297 g/mol. The first-order valence-corrected chi connectivity index (χ1v) is 8.24. The normalized spacial score (nSPS) is 13.2. The average Bonchev–Trinajstić information content (AvgIpc) is 2.98. The van der Waals surface area contributed by atoms with E-state index in [9.17, 15) is 0 Å². The van der Waals surface area contributed by atoms with Crippen LogP contribution in [-0.2, 0) is 19.4 Å². The standard InChI is InChI=1S/C18H19NOS/c19-9-3-4-14-10-18(21-13-14)12-20-17-8-7-15-5-1-2-6-16(15)11-17/h7-8,10-11,13H,1-2,5-6,9,12,19H2. The van der Waals surface area contributed by atoms with Gasteiger partial charge in [-0.25, -0.2) is 0 Å². The zero-order valence-corrected chi connectivity index (χ0v) is 12.8. The zero-order valence-electron chi connectivity index (χ0n) is 12.0. The fourth-order valence-electron chi connectivity index (χ4n) is 2.63. The molecule has 3 heteroatoms. The number of hydrogen-bond donors (Lipinski definition) is 1. The maximum atomic E-state index is 5.91. The number of fused-ring (bicyclic) bond motifs is 1. The van der Waals surface area contributed by atoms with Crippen molar-refractivity contribution < 1.29 is 4.74 Å². The first-order valence-electron chi connectivity index (χ1n) is 7.36. The minimum Gasteiger partial charge on any atom is -0.488 e. The lowest BCUT2D eigenvalue weighted by molar-refractivity contribution is 0.309. The number of benzene rings is 1. The number of nitrogens with two attached hydrogens (primary N) is 1. The lowest BCUT2D eigenvalue weighted by atomic mass is 9.92. The van der Waals surface area contributed by atoms with Gasteiger partial charge in [0.1, 0.15) is 12.4 Å². The Balaban J connectivity index is 1.63. The Morgan fingerprint density at radius 3 is 2.86 bits per heavy atom. The predicted octanol–water partition coefficient (Wildman–Crippen LogP) is 3.52. The van der Waals surface area contributed by atoms with E-state index >= 15 is 0 Å². The molecular weight excluding hydrogens is 278 g/mol. The molecule has 2 nitrogen and oxygen atoms in total. The van der Waals surface area contributed by atoms with E-state index in [0.717, 1.165) is 11.3 Å². The Bertz CT molecular complexity index is 678. The van der Waals surface area contributed by atoms with E-state index in [2.05, 4.69) is 36.1 Å². The van der Waals surface area contributed by atoms with Crippen LogP contribution in [0.5, 0.6) is 5.75 Å². The summed E-state index contributed by atoms with van der Waals surface area (Å²) in [5.41, 5.74) is 9.35. The van der Waals surface area contributed by atoms with Crippen LogP contribution < -0.4 is 10.5 Å². The summed E-state index contributed by atoms with van der Waals surface area (Å²) in [6.07, 6.45) is 5.01. The summed E-state index contributed by atoms with van der Waals surface area (Å²) in [5, 5.41) is 2.05. The summed E-state index contributed by atoms with van der Waals surface area (Å²) in [6.45, 7) is 1.00. The number of ether oxygens (including phenoxy) is 1. The fourth-order valence-corrected chi connectivity index (χ4v) is 3.36. The fraction of sp³-hybridized carbons (Fsp3) is 0.333. The summed E-state index contributed by atoms with van der Waals surface area (Å²) < 4.78 is 5.91. The molecule has 0 saturated carbocycles. The molecule has 2 aromatic rings. The second-order valence-corrected chi connectivity index (χ2v) is 6.23. The molecule has 1 heterocycles. The van der Waals surface area contributed by atoms with E-state index in [1.807, 2.05) is 5.38 Å². The van der Waals surface area contributed by atoms with Crippen molar-refractivity contribution in [3.05, 3.63) is 51.2 Å². The monoisotopic (exact) mass is 297 g/mol. The van der Waals surface area contributed by atoms with Crippen LogP contribution in [0.3, 0.4) is 0 Å². The summed E-state index contributed by atoms with van der Waals surface area (Å²) in [4.78, 5) is 1.19. The molecule has 1 aliphatic rings. The van der Waals surface area contributed by atoms with Crippen LogP contribution in [0.1, 0.15) is 34.4 Å². The molecule has 0 amide bonds. The van der Waals surface area contributed by atoms with Crippen molar-refractivity contribution in [2.24, 2.45) is 5.73 Å². The molecule has 0 radical (unpaired) electrons. The molecule has 2 N–H and O–H groups in total. The van der Waals surface area contributed by atoms with Crippen molar-refractivity contribution in [2.75, 3.05) is 6.54 Å². The Morgan fingerprint density at radius 2 is 2.00 bits per heavy atom. The Labute approximate surface area is 129 Å². The van der Waals surface area contributed by atoms with Crippen LogP contribution in [0.4, 0.5) is 0 Å². The van der Waals surface area contributed by atoms with Crippen molar-refractivity contribution >= 4 is 11.3 Å². The van der Waals surface area contributed by atoms with Gasteiger partial charge in [-0.2, -0.15) is 0 Å². The number of rotatable bonds is 3. The number of aryl methyl sites for hydroxylation is 2. The van der Waals surface area contributed by atoms with Crippen molar-refractivity contribution in [1.82, 2.24) is 0 Å². The second kappa shape index (κ2) is 6.80. The van der Waals surface area contributed by atoms with E-state index < -0.39 is 0 Å². The van der Waals surface area contributed by atoms with Gasteiger partial charge in [-0.05, 0) is 55.0 Å². The summed E-state index contributed by atoms with van der Waals surface area (Å²) >= 11 is 1.68. The largest absolute Gasteiger partial charge is 0.488 e. The molecule has 0 fully saturated rings. The minimum absolute atomic E-state index is 0.400.